The van der Waals surface area contributed by atoms with Crippen LogP contribution in [0.15, 0.2) is 47.1 Å². The van der Waals surface area contributed by atoms with Crippen molar-refractivity contribution in [1.82, 2.24) is 5.32 Å². The molecule has 2 aromatic rings. The molecule has 0 saturated heterocycles. The molecule has 0 bridgehead atoms. The molecule has 98 valence electrons. The van der Waals surface area contributed by atoms with E-state index in [0.717, 1.165) is 12.0 Å². The van der Waals surface area contributed by atoms with Gasteiger partial charge in [0.25, 0.3) is 5.91 Å². The van der Waals surface area contributed by atoms with Crippen LogP contribution in [-0.4, -0.2) is 11.9 Å². The number of rotatable bonds is 3. The van der Waals surface area contributed by atoms with Crippen molar-refractivity contribution in [3.8, 4) is 0 Å². The number of hydrogen-bond acceptors (Lipinski definition) is 3. The number of benzene rings is 1. The van der Waals surface area contributed by atoms with Gasteiger partial charge in [0.1, 0.15) is 0 Å². The number of carbonyl (C=O) groups excluding carboxylic acids is 2. The Balaban J connectivity index is 2.00. The Morgan fingerprint density at radius 3 is 2.63 bits per heavy atom. The summed E-state index contributed by atoms with van der Waals surface area (Å²) in [6.45, 7) is 1.99. The lowest BCUT2D eigenvalue weighted by Gasteiger charge is -2.09. The van der Waals surface area contributed by atoms with Crippen LogP contribution in [0.3, 0.4) is 0 Å². The number of nitrogens with one attached hydrogen (secondary N) is 2. The van der Waals surface area contributed by atoms with Gasteiger partial charge < -0.3 is 9.73 Å². The third kappa shape index (κ3) is 3.22. The summed E-state index contributed by atoms with van der Waals surface area (Å²) in [7, 11) is 0. The van der Waals surface area contributed by atoms with E-state index in [2.05, 4.69) is 10.6 Å². The van der Waals surface area contributed by atoms with Gasteiger partial charge in [-0.05, 0) is 30.2 Å². The molecule has 5 heteroatoms. The minimum absolute atomic E-state index is 0.0962. The predicted octanol–water partition coefficient (Wildman–Crippen LogP) is 2.80. The van der Waals surface area contributed by atoms with Crippen molar-refractivity contribution in [1.29, 1.82) is 0 Å². The van der Waals surface area contributed by atoms with E-state index in [1.165, 1.54) is 12.3 Å². The summed E-state index contributed by atoms with van der Waals surface area (Å²) < 4.78 is 4.90. The van der Waals surface area contributed by atoms with Gasteiger partial charge in [0, 0.05) is 5.69 Å². The molecule has 3 amide bonds. The van der Waals surface area contributed by atoms with Gasteiger partial charge in [-0.15, -0.1) is 0 Å². The molecule has 2 N–H and O–H groups in total. The molecule has 0 saturated carbocycles. The van der Waals surface area contributed by atoms with Gasteiger partial charge in [-0.25, -0.2) is 4.79 Å². The lowest BCUT2D eigenvalue weighted by atomic mass is 10.1. The number of carbonyl (C=O) groups is 2. The first-order chi connectivity index (χ1) is 9.20. The van der Waals surface area contributed by atoms with Gasteiger partial charge in [-0.3, -0.25) is 10.1 Å². The zero-order valence-electron chi connectivity index (χ0n) is 10.5. The highest BCUT2D eigenvalue weighted by atomic mass is 16.3. The summed E-state index contributed by atoms with van der Waals surface area (Å²) in [4.78, 5) is 23.3. The Labute approximate surface area is 110 Å². The van der Waals surface area contributed by atoms with E-state index in [0.29, 0.717) is 5.69 Å². The van der Waals surface area contributed by atoms with Crippen molar-refractivity contribution in [2.24, 2.45) is 0 Å². The normalized spacial score (nSPS) is 9.95. The van der Waals surface area contributed by atoms with E-state index < -0.39 is 11.9 Å². The number of para-hydroxylation sites is 1. The molecule has 5 nitrogen and oxygen atoms in total. The second-order valence-corrected chi connectivity index (χ2v) is 3.90. The lowest BCUT2D eigenvalue weighted by molar-refractivity contribution is 0.0940. The van der Waals surface area contributed by atoms with Crippen LogP contribution in [0.1, 0.15) is 23.0 Å². The standard InChI is InChI=1S/C14H14N2O3/c1-2-10-6-3-4-7-11(10)15-14(18)16-13(17)12-8-5-9-19-12/h3-9H,2H2,1H3,(H2,15,16,17,18). The van der Waals surface area contributed by atoms with Crippen molar-refractivity contribution < 1.29 is 14.0 Å². The van der Waals surface area contributed by atoms with Crippen molar-refractivity contribution in [2.45, 2.75) is 13.3 Å². The molecule has 19 heavy (non-hydrogen) atoms. The summed E-state index contributed by atoms with van der Waals surface area (Å²) in [5, 5.41) is 4.84. The monoisotopic (exact) mass is 258 g/mol. The maximum atomic E-state index is 11.7. The fraction of sp³-hybridized carbons (Fsp3) is 0.143. The lowest BCUT2D eigenvalue weighted by Crippen LogP contribution is -2.34. The van der Waals surface area contributed by atoms with Gasteiger partial charge in [-0.1, -0.05) is 25.1 Å². The summed E-state index contributed by atoms with van der Waals surface area (Å²) in [5.41, 5.74) is 1.69. The summed E-state index contributed by atoms with van der Waals surface area (Å²) in [6, 6.07) is 9.92. The molecule has 1 heterocycles. The molecule has 0 radical (unpaired) electrons. The highest BCUT2D eigenvalue weighted by Crippen LogP contribution is 2.15. The van der Waals surface area contributed by atoms with E-state index in [4.69, 9.17) is 4.42 Å². The highest BCUT2D eigenvalue weighted by molar-refractivity contribution is 6.06. The number of hydrogen-bond donors (Lipinski definition) is 2. The number of imide groups is 1. The number of urea groups is 1. The summed E-state index contributed by atoms with van der Waals surface area (Å²) in [6.07, 6.45) is 2.17. The molecule has 0 spiro atoms. The largest absolute Gasteiger partial charge is 0.459 e. The zero-order chi connectivity index (χ0) is 13.7. The molecule has 0 aliphatic heterocycles. The zero-order valence-corrected chi connectivity index (χ0v) is 10.5. The summed E-state index contributed by atoms with van der Waals surface area (Å²) in [5.74, 6) is -0.476. The van der Waals surface area contributed by atoms with Gasteiger partial charge in [-0.2, -0.15) is 0 Å². The SMILES string of the molecule is CCc1ccccc1NC(=O)NC(=O)c1ccco1. The second kappa shape index (κ2) is 5.86. The third-order valence-electron chi connectivity index (χ3n) is 2.62. The van der Waals surface area contributed by atoms with Gasteiger partial charge in [0.2, 0.25) is 0 Å². The fourth-order valence-electron chi connectivity index (χ4n) is 1.68. The van der Waals surface area contributed by atoms with Crippen LogP contribution in [0.4, 0.5) is 10.5 Å². The molecule has 0 fully saturated rings. The van der Waals surface area contributed by atoms with Crippen molar-refractivity contribution in [2.75, 3.05) is 5.32 Å². The average Bonchev–Trinajstić information content (AvgIpc) is 2.93. The molecule has 0 atom stereocenters. The second-order valence-electron chi connectivity index (χ2n) is 3.90. The first-order valence-electron chi connectivity index (χ1n) is 5.94. The van der Waals surface area contributed by atoms with Crippen LogP contribution in [0.5, 0.6) is 0 Å². The van der Waals surface area contributed by atoms with Crippen LogP contribution < -0.4 is 10.6 Å². The molecule has 0 unspecified atom stereocenters. The Morgan fingerprint density at radius 2 is 1.95 bits per heavy atom. The van der Waals surface area contributed by atoms with Crippen LogP contribution in [-0.2, 0) is 6.42 Å². The highest BCUT2D eigenvalue weighted by Gasteiger charge is 2.13. The van der Waals surface area contributed by atoms with E-state index in [1.54, 1.807) is 12.1 Å². The van der Waals surface area contributed by atoms with E-state index in [1.807, 2.05) is 25.1 Å². The number of furan rings is 1. The van der Waals surface area contributed by atoms with Gasteiger partial charge in [0.05, 0.1) is 6.26 Å². The Kier molecular flexibility index (Phi) is 3.97. The van der Waals surface area contributed by atoms with Crippen molar-refractivity contribution in [3.63, 3.8) is 0 Å². The minimum atomic E-state index is -0.581. The number of anilines is 1. The van der Waals surface area contributed by atoms with E-state index in [9.17, 15) is 9.59 Å². The maximum Gasteiger partial charge on any atom is 0.326 e. The van der Waals surface area contributed by atoms with Crippen molar-refractivity contribution >= 4 is 17.6 Å². The van der Waals surface area contributed by atoms with Crippen molar-refractivity contribution in [3.05, 3.63) is 54.0 Å². The fourth-order valence-corrected chi connectivity index (χ4v) is 1.68. The molecule has 2 rings (SSSR count). The predicted molar refractivity (Wildman–Crippen MR) is 71.0 cm³/mol. The van der Waals surface area contributed by atoms with Crippen LogP contribution in [0, 0.1) is 0 Å². The quantitative estimate of drug-likeness (QED) is 0.889. The topological polar surface area (TPSA) is 71.3 Å². The third-order valence-corrected chi connectivity index (χ3v) is 2.62. The molecule has 0 aliphatic rings. The van der Waals surface area contributed by atoms with E-state index in [-0.39, 0.29) is 5.76 Å². The van der Waals surface area contributed by atoms with E-state index >= 15 is 0 Å². The molecule has 0 aliphatic carbocycles. The summed E-state index contributed by atoms with van der Waals surface area (Å²) >= 11 is 0. The van der Waals surface area contributed by atoms with Crippen LogP contribution >= 0.6 is 0 Å². The van der Waals surface area contributed by atoms with Crippen LogP contribution in [0.25, 0.3) is 0 Å². The molecule has 1 aromatic carbocycles. The Morgan fingerprint density at radius 1 is 1.16 bits per heavy atom. The van der Waals surface area contributed by atoms with Gasteiger partial charge in [0.15, 0.2) is 5.76 Å². The first kappa shape index (κ1) is 12.9. The number of aryl methyl sites for hydroxylation is 1. The molecular weight excluding hydrogens is 244 g/mol. The average molecular weight is 258 g/mol. The first-order valence-corrected chi connectivity index (χ1v) is 5.94. The molecular formula is C14H14N2O3. The Hall–Kier alpha value is -2.56. The Bertz CT molecular complexity index is 576. The van der Waals surface area contributed by atoms with Crippen LogP contribution in [0.2, 0.25) is 0 Å². The van der Waals surface area contributed by atoms with Gasteiger partial charge >= 0.3 is 6.03 Å². The maximum absolute atomic E-state index is 11.7. The smallest absolute Gasteiger partial charge is 0.326 e. The minimum Gasteiger partial charge on any atom is -0.459 e. The number of amides is 3. The molecule has 1 aromatic heterocycles.